The zero-order chi connectivity index (χ0) is 27.8. The highest BCUT2D eigenvalue weighted by Crippen LogP contribution is 2.19. The summed E-state index contributed by atoms with van der Waals surface area (Å²) in [5.74, 6) is -0.295. The van der Waals surface area contributed by atoms with E-state index in [0.717, 1.165) is 19.3 Å². The molecule has 0 aliphatic carbocycles. The first-order valence-corrected chi connectivity index (χ1v) is 15.4. The fraction of sp³-hybridized carbons (Fsp3) is 0.828. The largest absolute Gasteiger partial charge is 0.396 e. The summed E-state index contributed by atoms with van der Waals surface area (Å²) in [4.78, 5) is 35.7. The third kappa shape index (κ3) is 21.3. The Morgan fingerprint density at radius 3 is 1.97 bits per heavy atom. The number of carbonyl (C=O) groups excluding carboxylic acids is 3. The maximum atomic E-state index is 12.0. The minimum atomic E-state index is -1.34. The fourth-order valence-electron chi connectivity index (χ4n) is 3.69. The van der Waals surface area contributed by atoms with Gasteiger partial charge in [-0.15, -0.1) is 0 Å². The average Bonchev–Trinajstić information content (AvgIpc) is 2.88. The number of aliphatic hydroxyl groups is 2. The molecule has 2 amide bonds. The van der Waals surface area contributed by atoms with Crippen molar-refractivity contribution < 1.29 is 24.6 Å². The molecule has 0 aliphatic rings. The molecule has 1 atom stereocenters. The predicted molar refractivity (Wildman–Crippen MR) is 154 cm³/mol. The molecule has 1 unspecified atom stereocenters. The molecule has 8 heteroatoms. The highest BCUT2D eigenvalue weighted by Gasteiger charge is 2.32. The zero-order valence-corrected chi connectivity index (χ0v) is 24.5. The molecular weight excluding hydrogens is 488 g/mol. The summed E-state index contributed by atoms with van der Waals surface area (Å²) in [6.45, 7) is 5.60. The van der Waals surface area contributed by atoms with Crippen molar-refractivity contribution in [1.29, 1.82) is 0 Å². The average molecular weight is 543 g/mol. The molecule has 0 heterocycles. The summed E-state index contributed by atoms with van der Waals surface area (Å²) in [7, 11) is 0. The van der Waals surface area contributed by atoms with Crippen molar-refractivity contribution in [3.63, 3.8) is 0 Å². The van der Waals surface area contributed by atoms with Crippen molar-refractivity contribution in [2.75, 3.05) is 25.4 Å². The van der Waals surface area contributed by atoms with Crippen LogP contribution >= 0.6 is 11.8 Å². The Morgan fingerprint density at radius 2 is 1.38 bits per heavy atom. The molecule has 0 aliphatic heterocycles. The Bertz CT molecular complexity index is 640. The Balaban J connectivity index is 3.54. The van der Waals surface area contributed by atoms with Gasteiger partial charge >= 0.3 is 0 Å². The van der Waals surface area contributed by atoms with Crippen LogP contribution in [0.5, 0.6) is 0 Å². The normalized spacial score (nSPS) is 12.6. The second kappa shape index (κ2) is 23.7. The summed E-state index contributed by atoms with van der Waals surface area (Å²) in [5, 5.41) is 24.5. The van der Waals surface area contributed by atoms with E-state index >= 15 is 0 Å². The molecule has 0 radical (unpaired) electrons. The third-order valence-electron chi connectivity index (χ3n) is 6.38. The molecule has 0 fully saturated rings. The third-order valence-corrected chi connectivity index (χ3v) is 7.31. The Labute approximate surface area is 230 Å². The number of nitrogens with one attached hydrogen (secondary N) is 2. The minimum absolute atomic E-state index is 0.0888. The van der Waals surface area contributed by atoms with Crippen molar-refractivity contribution in [2.45, 2.75) is 123 Å². The monoisotopic (exact) mass is 542 g/mol. The van der Waals surface area contributed by atoms with Crippen LogP contribution in [0.15, 0.2) is 12.2 Å². The maximum absolute atomic E-state index is 12.0. The fourth-order valence-corrected chi connectivity index (χ4v) is 4.41. The molecule has 7 nitrogen and oxygen atoms in total. The molecule has 0 saturated carbocycles. The lowest BCUT2D eigenvalue weighted by atomic mass is 9.87. The van der Waals surface area contributed by atoms with E-state index in [4.69, 9.17) is 0 Å². The van der Waals surface area contributed by atoms with Crippen LogP contribution in [0.1, 0.15) is 117 Å². The summed E-state index contributed by atoms with van der Waals surface area (Å²) in [6.07, 6.45) is 20.1. The van der Waals surface area contributed by atoms with E-state index in [1.165, 1.54) is 76.0 Å². The molecule has 0 bridgehead atoms. The van der Waals surface area contributed by atoms with Gasteiger partial charge in [0.25, 0.3) is 0 Å². The number of unbranched alkanes of at least 4 members (excludes halogenated alkanes) is 11. The first-order valence-electron chi connectivity index (χ1n) is 14.4. The van der Waals surface area contributed by atoms with Crippen molar-refractivity contribution in [1.82, 2.24) is 10.6 Å². The van der Waals surface area contributed by atoms with Crippen molar-refractivity contribution >= 4 is 28.7 Å². The van der Waals surface area contributed by atoms with E-state index in [1.54, 1.807) is 13.8 Å². The number of aliphatic hydroxyl groups excluding tert-OH is 2. The van der Waals surface area contributed by atoms with Gasteiger partial charge in [-0.25, -0.2) is 0 Å². The van der Waals surface area contributed by atoms with Crippen molar-refractivity contribution in [3.8, 4) is 0 Å². The number of allylic oxidation sites excluding steroid dienone is 2. The molecular formula is C29H54N2O5S. The molecule has 4 N–H and O–H groups in total. The zero-order valence-electron chi connectivity index (χ0n) is 23.7. The van der Waals surface area contributed by atoms with E-state index in [0.29, 0.717) is 18.7 Å². The molecule has 0 aromatic carbocycles. The van der Waals surface area contributed by atoms with Gasteiger partial charge in [0.1, 0.15) is 6.10 Å². The van der Waals surface area contributed by atoms with Crippen LogP contribution in [0.25, 0.3) is 0 Å². The van der Waals surface area contributed by atoms with Crippen LogP contribution in [-0.4, -0.2) is 58.7 Å². The lowest BCUT2D eigenvalue weighted by molar-refractivity contribution is -0.137. The van der Waals surface area contributed by atoms with Gasteiger partial charge < -0.3 is 20.8 Å². The maximum Gasteiger partial charge on any atom is 0.249 e. The second-order valence-corrected chi connectivity index (χ2v) is 11.6. The molecule has 0 saturated heterocycles. The van der Waals surface area contributed by atoms with Gasteiger partial charge in [-0.05, 0) is 32.1 Å². The van der Waals surface area contributed by atoms with Crippen LogP contribution in [-0.2, 0) is 14.4 Å². The molecule has 0 aromatic rings. The summed E-state index contributed by atoms with van der Waals surface area (Å²) >= 11 is 1.25. The Kier molecular flexibility index (Phi) is 22.8. The lowest BCUT2D eigenvalue weighted by Gasteiger charge is -2.27. The van der Waals surface area contributed by atoms with Gasteiger partial charge in [-0.3, -0.25) is 14.4 Å². The van der Waals surface area contributed by atoms with E-state index in [2.05, 4.69) is 29.7 Å². The Hall–Kier alpha value is -1.38. The molecule has 37 heavy (non-hydrogen) atoms. The van der Waals surface area contributed by atoms with Crippen LogP contribution in [0.3, 0.4) is 0 Å². The number of thioether (sulfide) groups is 1. The van der Waals surface area contributed by atoms with E-state index in [-0.39, 0.29) is 30.6 Å². The molecule has 0 rings (SSSR count). The smallest absolute Gasteiger partial charge is 0.249 e. The summed E-state index contributed by atoms with van der Waals surface area (Å²) in [5.41, 5.74) is -0.944. The predicted octanol–water partition coefficient (Wildman–Crippen LogP) is 5.29. The van der Waals surface area contributed by atoms with Crippen molar-refractivity contribution in [2.24, 2.45) is 5.41 Å². The summed E-state index contributed by atoms with van der Waals surface area (Å²) < 4.78 is 0. The van der Waals surface area contributed by atoms with Gasteiger partial charge in [-0.2, -0.15) is 0 Å². The highest BCUT2D eigenvalue weighted by molar-refractivity contribution is 8.13. The Morgan fingerprint density at radius 1 is 0.811 bits per heavy atom. The molecule has 216 valence electrons. The first-order chi connectivity index (χ1) is 17.7. The second-order valence-electron chi connectivity index (χ2n) is 10.5. The number of hydrogen-bond donors (Lipinski definition) is 4. The van der Waals surface area contributed by atoms with Crippen LogP contribution in [0, 0.1) is 5.41 Å². The SMILES string of the molecule is CCCCCCCCC=CCCCCCCCC(=O)SCCNC(=O)CCNC(=O)C(O)C(C)(C)CO. The van der Waals surface area contributed by atoms with Gasteiger partial charge in [0.05, 0.1) is 6.61 Å². The number of carbonyl (C=O) groups is 3. The first kappa shape index (κ1) is 35.6. The van der Waals surface area contributed by atoms with Gasteiger partial charge in [0.2, 0.25) is 11.8 Å². The molecule has 0 aromatic heterocycles. The van der Waals surface area contributed by atoms with Gasteiger partial charge in [-0.1, -0.05) is 96.1 Å². The molecule has 0 spiro atoms. The van der Waals surface area contributed by atoms with E-state index in [1.807, 2.05) is 0 Å². The standard InChI is InChI=1S/C29H54N2O5S/c1-4-5-6-7-8-9-10-11-12-13-14-15-16-17-18-19-26(34)37-23-22-30-25(33)20-21-31-28(36)27(35)29(2,3)24-32/h11-12,27,32,35H,4-10,13-24H2,1-3H3,(H,30,33)(H,31,36). The topological polar surface area (TPSA) is 116 Å². The van der Waals surface area contributed by atoms with Crippen molar-refractivity contribution in [3.05, 3.63) is 12.2 Å². The highest BCUT2D eigenvalue weighted by atomic mass is 32.2. The van der Waals surface area contributed by atoms with Crippen LogP contribution in [0.4, 0.5) is 0 Å². The number of hydrogen-bond acceptors (Lipinski definition) is 6. The van der Waals surface area contributed by atoms with E-state index < -0.39 is 17.4 Å². The van der Waals surface area contributed by atoms with E-state index in [9.17, 15) is 24.6 Å². The van der Waals surface area contributed by atoms with Gasteiger partial charge in [0.15, 0.2) is 5.12 Å². The van der Waals surface area contributed by atoms with Crippen LogP contribution < -0.4 is 10.6 Å². The number of rotatable bonds is 24. The van der Waals surface area contributed by atoms with Gasteiger partial charge in [0, 0.05) is 37.1 Å². The quantitative estimate of drug-likeness (QED) is 0.0973. The van der Waals surface area contributed by atoms with Crippen LogP contribution in [0.2, 0.25) is 0 Å². The summed E-state index contributed by atoms with van der Waals surface area (Å²) in [6, 6.07) is 0. The lowest BCUT2D eigenvalue weighted by Crippen LogP contribution is -2.46. The number of amides is 2. The minimum Gasteiger partial charge on any atom is -0.396 e.